The second kappa shape index (κ2) is 10.4. The number of rotatable bonds is 7. The summed E-state index contributed by atoms with van der Waals surface area (Å²) in [7, 11) is 0. The molecule has 4 aromatic rings. The number of para-hydroxylation sites is 3. The Bertz CT molecular complexity index is 1420. The largest absolute Gasteiger partial charge is 0.506 e. The van der Waals surface area contributed by atoms with Crippen molar-refractivity contribution in [3.8, 4) is 11.4 Å². The van der Waals surface area contributed by atoms with Crippen molar-refractivity contribution in [2.45, 2.75) is 32.4 Å². The van der Waals surface area contributed by atoms with Crippen molar-refractivity contribution in [1.29, 1.82) is 0 Å². The molecule has 0 saturated carbocycles. The van der Waals surface area contributed by atoms with E-state index < -0.39 is 0 Å². The highest BCUT2D eigenvalue weighted by molar-refractivity contribution is 7.80. The van der Waals surface area contributed by atoms with Crippen molar-refractivity contribution in [2.75, 3.05) is 11.9 Å². The number of nitrogens with zero attached hydrogens (tertiary/aromatic N) is 3. The topological polar surface area (TPSA) is 82.4 Å². The molecule has 5 rings (SSSR count). The van der Waals surface area contributed by atoms with E-state index >= 15 is 0 Å². The average Bonchev–Trinajstić information content (AvgIpc) is 3.38. The summed E-state index contributed by atoms with van der Waals surface area (Å²) in [5.41, 5.74) is 5.42. The Morgan fingerprint density at radius 1 is 1.05 bits per heavy atom. The van der Waals surface area contributed by atoms with Crippen molar-refractivity contribution >= 4 is 28.9 Å². The van der Waals surface area contributed by atoms with Crippen LogP contribution in [0.15, 0.2) is 85.1 Å². The fourth-order valence-electron chi connectivity index (χ4n) is 5.06. The first kappa shape index (κ1) is 24.5. The van der Waals surface area contributed by atoms with E-state index in [2.05, 4.69) is 31.2 Å². The molecule has 8 heteroatoms. The van der Waals surface area contributed by atoms with Crippen LogP contribution in [0.2, 0.25) is 0 Å². The van der Waals surface area contributed by atoms with Gasteiger partial charge in [0.25, 0.3) is 0 Å². The van der Waals surface area contributed by atoms with Crippen LogP contribution < -0.4 is 10.6 Å². The molecule has 37 heavy (non-hydrogen) atoms. The molecule has 2 aromatic heterocycles. The number of thiocarbonyl (C=S) groups is 1. The second-order valence-corrected chi connectivity index (χ2v) is 9.52. The lowest BCUT2D eigenvalue weighted by molar-refractivity contribution is -0.116. The Balaban J connectivity index is 1.49. The van der Waals surface area contributed by atoms with Crippen molar-refractivity contribution in [2.24, 2.45) is 0 Å². The Morgan fingerprint density at radius 3 is 2.51 bits per heavy atom. The minimum atomic E-state index is -0.191. The van der Waals surface area contributed by atoms with Gasteiger partial charge in [0, 0.05) is 36.2 Å². The van der Waals surface area contributed by atoms with Gasteiger partial charge in [-0.05, 0) is 74.1 Å². The standard InChI is InChI=1S/C29H29N5O2S/c1-19-18-22(20(2)34(19)24-13-6-7-14-25(24)35)28-27(23-12-8-9-16-30-23)32-29(37)33(28)17-15-26(36)31-21-10-4-3-5-11-21/h3-14,16,18,27-28,35H,15,17H2,1-2H3,(H,31,36)(H,32,37)/t27-,28+/m0/s1. The summed E-state index contributed by atoms with van der Waals surface area (Å²) in [5, 5.41) is 17.6. The first-order chi connectivity index (χ1) is 17.9. The van der Waals surface area contributed by atoms with Gasteiger partial charge in [-0.3, -0.25) is 9.78 Å². The molecule has 0 aliphatic carbocycles. The third-order valence-corrected chi connectivity index (χ3v) is 7.10. The number of nitrogens with one attached hydrogen (secondary N) is 2. The van der Waals surface area contributed by atoms with Crippen molar-refractivity contribution in [3.63, 3.8) is 0 Å². The number of benzene rings is 2. The van der Waals surface area contributed by atoms with Gasteiger partial charge in [0.15, 0.2) is 5.11 Å². The van der Waals surface area contributed by atoms with Gasteiger partial charge >= 0.3 is 0 Å². The number of amides is 1. The fraction of sp³-hybridized carbons (Fsp3) is 0.207. The zero-order valence-corrected chi connectivity index (χ0v) is 21.6. The number of aryl methyl sites for hydroxylation is 1. The molecule has 3 heterocycles. The van der Waals surface area contributed by atoms with E-state index in [-0.39, 0.29) is 30.2 Å². The summed E-state index contributed by atoms with van der Waals surface area (Å²) in [4.78, 5) is 19.5. The van der Waals surface area contributed by atoms with Gasteiger partial charge in [0.1, 0.15) is 5.75 Å². The monoisotopic (exact) mass is 511 g/mol. The first-order valence-corrected chi connectivity index (χ1v) is 12.6. The SMILES string of the molecule is Cc1cc([C@@H]2[C@H](c3ccccn3)NC(=S)N2CCC(=O)Nc2ccccc2)c(C)n1-c1ccccc1O. The number of hydrogen-bond acceptors (Lipinski definition) is 4. The minimum absolute atomic E-state index is 0.0753. The van der Waals surface area contributed by atoms with Crippen molar-refractivity contribution in [1.82, 2.24) is 19.8 Å². The molecule has 2 atom stereocenters. The van der Waals surface area contributed by atoms with Gasteiger partial charge in [-0.25, -0.2) is 0 Å². The molecule has 7 nitrogen and oxygen atoms in total. The van der Waals surface area contributed by atoms with E-state index in [1.807, 2.05) is 80.6 Å². The lowest BCUT2D eigenvalue weighted by Gasteiger charge is -2.28. The van der Waals surface area contributed by atoms with Crippen LogP contribution in [-0.4, -0.2) is 37.1 Å². The van der Waals surface area contributed by atoms with E-state index in [9.17, 15) is 9.90 Å². The number of phenols is 1. The van der Waals surface area contributed by atoms with Crippen LogP contribution in [0.3, 0.4) is 0 Å². The highest BCUT2D eigenvalue weighted by atomic mass is 32.1. The van der Waals surface area contributed by atoms with Crippen LogP contribution in [0, 0.1) is 13.8 Å². The molecule has 188 valence electrons. The number of aromatic nitrogens is 2. The lowest BCUT2D eigenvalue weighted by Crippen LogP contribution is -2.32. The Labute approximate surface area is 221 Å². The average molecular weight is 512 g/mol. The van der Waals surface area contributed by atoms with E-state index in [1.54, 1.807) is 12.3 Å². The van der Waals surface area contributed by atoms with Crippen LogP contribution in [0.5, 0.6) is 5.75 Å². The smallest absolute Gasteiger partial charge is 0.226 e. The summed E-state index contributed by atoms with van der Waals surface area (Å²) >= 11 is 5.78. The maximum absolute atomic E-state index is 12.8. The van der Waals surface area contributed by atoms with Gasteiger partial charge in [0.05, 0.1) is 23.5 Å². The summed E-state index contributed by atoms with van der Waals surface area (Å²) in [5.74, 6) is 0.139. The molecule has 1 saturated heterocycles. The van der Waals surface area contributed by atoms with E-state index in [0.717, 1.165) is 34.0 Å². The van der Waals surface area contributed by atoms with Gasteiger partial charge in [-0.2, -0.15) is 0 Å². The van der Waals surface area contributed by atoms with Crippen LogP contribution in [-0.2, 0) is 4.79 Å². The number of aromatic hydroxyl groups is 1. The summed E-state index contributed by atoms with van der Waals surface area (Å²) in [6, 6.07) is 24.4. The van der Waals surface area contributed by atoms with Gasteiger partial charge < -0.3 is 25.2 Å². The Morgan fingerprint density at radius 2 is 1.78 bits per heavy atom. The van der Waals surface area contributed by atoms with E-state index in [4.69, 9.17) is 12.2 Å². The molecular weight excluding hydrogens is 482 g/mol. The number of carbonyl (C=O) groups excluding carboxylic acids is 1. The van der Waals surface area contributed by atoms with Crippen LogP contribution in [0.1, 0.15) is 41.1 Å². The molecule has 1 aliphatic rings. The van der Waals surface area contributed by atoms with E-state index in [0.29, 0.717) is 11.7 Å². The lowest BCUT2D eigenvalue weighted by atomic mass is 9.96. The predicted octanol–water partition coefficient (Wildman–Crippen LogP) is 5.20. The van der Waals surface area contributed by atoms with Gasteiger partial charge in [-0.1, -0.05) is 36.4 Å². The molecule has 1 aliphatic heterocycles. The fourth-order valence-corrected chi connectivity index (χ4v) is 5.39. The van der Waals surface area contributed by atoms with Crippen LogP contribution in [0.25, 0.3) is 5.69 Å². The van der Waals surface area contributed by atoms with Crippen LogP contribution >= 0.6 is 12.2 Å². The first-order valence-electron chi connectivity index (χ1n) is 12.2. The number of hydrogen-bond donors (Lipinski definition) is 3. The summed E-state index contributed by atoms with van der Waals surface area (Å²) in [6.45, 7) is 4.52. The van der Waals surface area contributed by atoms with Crippen LogP contribution in [0.4, 0.5) is 5.69 Å². The Kier molecular flexibility index (Phi) is 6.92. The number of anilines is 1. The van der Waals surface area contributed by atoms with Crippen molar-refractivity contribution < 1.29 is 9.90 Å². The third kappa shape index (κ3) is 4.93. The molecule has 1 fully saturated rings. The zero-order chi connectivity index (χ0) is 25.9. The minimum Gasteiger partial charge on any atom is -0.506 e. The van der Waals surface area contributed by atoms with Gasteiger partial charge in [-0.15, -0.1) is 0 Å². The molecule has 1 amide bonds. The molecule has 2 aromatic carbocycles. The second-order valence-electron chi connectivity index (χ2n) is 9.13. The number of pyridine rings is 1. The molecular formula is C29H29N5O2S. The normalized spacial score (nSPS) is 17.0. The number of phenolic OH excluding ortho intramolecular Hbond substituents is 1. The molecule has 0 unspecified atom stereocenters. The summed E-state index contributed by atoms with van der Waals surface area (Å²) in [6.07, 6.45) is 2.05. The van der Waals surface area contributed by atoms with Crippen molar-refractivity contribution in [3.05, 3.63) is 108 Å². The quantitative estimate of drug-likeness (QED) is 0.296. The Hall–Kier alpha value is -4.17. The van der Waals surface area contributed by atoms with Gasteiger partial charge in [0.2, 0.25) is 5.91 Å². The zero-order valence-electron chi connectivity index (χ0n) is 20.8. The highest BCUT2D eigenvalue weighted by Gasteiger charge is 2.41. The number of carbonyl (C=O) groups is 1. The molecule has 0 bridgehead atoms. The maximum Gasteiger partial charge on any atom is 0.226 e. The molecule has 0 spiro atoms. The highest BCUT2D eigenvalue weighted by Crippen LogP contribution is 2.42. The third-order valence-electron chi connectivity index (χ3n) is 6.75. The van der Waals surface area contributed by atoms with E-state index in [1.165, 1.54) is 0 Å². The predicted molar refractivity (Wildman–Crippen MR) is 149 cm³/mol. The maximum atomic E-state index is 12.8. The molecule has 0 radical (unpaired) electrons. The summed E-state index contributed by atoms with van der Waals surface area (Å²) < 4.78 is 2.06. The molecule has 3 N–H and O–H groups in total.